The fourth-order valence-electron chi connectivity index (χ4n) is 3.32. The molecule has 0 saturated carbocycles. The van der Waals surface area contributed by atoms with E-state index in [2.05, 4.69) is 40.6 Å². The molecule has 1 aromatic heterocycles. The van der Waals surface area contributed by atoms with E-state index in [-0.39, 0.29) is 6.04 Å². The lowest BCUT2D eigenvalue weighted by atomic mass is 9.90. The van der Waals surface area contributed by atoms with Gasteiger partial charge in [-0.2, -0.15) is 0 Å². The third-order valence-electron chi connectivity index (χ3n) is 4.60. The van der Waals surface area contributed by atoms with E-state index < -0.39 is 0 Å². The zero-order chi connectivity index (χ0) is 16.4. The van der Waals surface area contributed by atoms with E-state index >= 15 is 0 Å². The monoisotopic (exact) mass is 319 g/mol. The highest BCUT2D eigenvalue weighted by molar-refractivity contribution is 5.56. The summed E-state index contributed by atoms with van der Waals surface area (Å²) < 4.78 is 5.86. The summed E-state index contributed by atoms with van der Waals surface area (Å²) in [7, 11) is 0. The maximum Gasteiger partial charge on any atom is 0.247 e. The van der Waals surface area contributed by atoms with Gasteiger partial charge in [-0.15, -0.1) is 10.2 Å². The Morgan fingerprint density at radius 2 is 1.79 bits per heavy atom. The Morgan fingerprint density at radius 3 is 2.67 bits per heavy atom. The molecule has 0 bridgehead atoms. The van der Waals surface area contributed by atoms with E-state index in [4.69, 9.17) is 4.42 Å². The van der Waals surface area contributed by atoms with Crippen LogP contribution in [0.3, 0.4) is 0 Å². The molecule has 4 nitrogen and oxygen atoms in total. The number of aryl methyl sites for hydroxylation is 1. The van der Waals surface area contributed by atoms with Crippen LogP contribution in [0.2, 0.25) is 0 Å². The summed E-state index contributed by atoms with van der Waals surface area (Å²) in [6.45, 7) is 2.06. The van der Waals surface area contributed by atoms with Gasteiger partial charge in [0.05, 0.1) is 0 Å². The minimum atomic E-state index is -0.0246. The summed E-state index contributed by atoms with van der Waals surface area (Å²) in [6.07, 6.45) is 4.87. The van der Waals surface area contributed by atoms with Gasteiger partial charge in [0.15, 0.2) is 0 Å². The number of nitrogens with one attached hydrogen (secondary N) is 1. The summed E-state index contributed by atoms with van der Waals surface area (Å²) in [6, 6.07) is 16.4. The second-order valence-electron chi connectivity index (χ2n) is 6.33. The van der Waals surface area contributed by atoms with Crippen LogP contribution in [-0.4, -0.2) is 10.2 Å². The molecule has 24 heavy (non-hydrogen) atoms. The molecule has 1 aliphatic rings. The van der Waals surface area contributed by atoms with Crippen LogP contribution in [-0.2, 0) is 12.8 Å². The molecule has 1 aliphatic carbocycles. The molecule has 1 unspecified atom stereocenters. The van der Waals surface area contributed by atoms with Crippen LogP contribution < -0.4 is 5.32 Å². The molecule has 0 amide bonds. The largest absolute Gasteiger partial charge is 0.418 e. The zero-order valence-electron chi connectivity index (χ0n) is 13.8. The van der Waals surface area contributed by atoms with E-state index in [1.807, 2.05) is 30.3 Å². The molecule has 1 heterocycles. The average molecular weight is 319 g/mol. The summed E-state index contributed by atoms with van der Waals surface area (Å²) in [4.78, 5) is 0. The van der Waals surface area contributed by atoms with Gasteiger partial charge in [0.2, 0.25) is 11.8 Å². The lowest BCUT2D eigenvalue weighted by Crippen LogP contribution is -2.12. The van der Waals surface area contributed by atoms with Gasteiger partial charge in [0.1, 0.15) is 6.04 Å². The fraction of sp³-hybridized carbons (Fsp3) is 0.300. The first kappa shape index (κ1) is 14.9. The number of fused-ring (bicyclic) bond motifs is 1. The van der Waals surface area contributed by atoms with Crippen LogP contribution in [0.1, 0.15) is 42.8 Å². The first-order valence-electron chi connectivity index (χ1n) is 8.57. The van der Waals surface area contributed by atoms with Crippen molar-refractivity contribution < 1.29 is 4.42 Å². The van der Waals surface area contributed by atoms with Gasteiger partial charge in [-0.05, 0) is 61.9 Å². The van der Waals surface area contributed by atoms with Gasteiger partial charge in [-0.1, -0.05) is 30.3 Å². The van der Waals surface area contributed by atoms with Crippen LogP contribution in [0, 0.1) is 0 Å². The van der Waals surface area contributed by atoms with Gasteiger partial charge in [-0.25, -0.2) is 0 Å². The van der Waals surface area contributed by atoms with E-state index in [1.165, 1.54) is 36.1 Å². The van der Waals surface area contributed by atoms with Crippen LogP contribution in [0.4, 0.5) is 5.69 Å². The van der Waals surface area contributed by atoms with Crippen molar-refractivity contribution in [3.8, 4) is 11.5 Å². The Bertz CT molecular complexity index is 826. The normalized spacial score (nSPS) is 14.9. The van der Waals surface area contributed by atoms with Gasteiger partial charge < -0.3 is 9.73 Å². The molecule has 1 N–H and O–H groups in total. The first-order valence-corrected chi connectivity index (χ1v) is 8.57. The van der Waals surface area contributed by atoms with Crippen molar-refractivity contribution in [1.82, 2.24) is 10.2 Å². The SMILES string of the molecule is CC(Nc1cccc2c1CCCC2)c1nnc(-c2ccccc2)o1. The molecule has 2 aromatic carbocycles. The summed E-state index contributed by atoms with van der Waals surface area (Å²) in [5.74, 6) is 1.18. The van der Waals surface area contributed by atoms with E-state index in [9.17, 15) is 0 Å². The summed E-state index contributed by atoms with van der Waals surface area (Å²) in [5.41, 5.74) is 5.05. The maximum absolute atomic E-state index is 5.86. The lowest BCUT2D eigenvalue weighted by molar-refractivity contribution is 0.484. The number of rotatable bonds is 4. The molecule has 3 aromatic rings. The number of hydrogen-bond donors (Lipinski definition) is 1. The molecule has 1 atom stereocenters. The Hall–Kier alpha value is -2.62. The first-order chi connectivity index (χ1) is 11.8. The van der Waals surface area contributed by atoms with Crippen LogP contribution in [0.5, 0.6) is 0 Å². The average Bonchev–Trinajstić information content (AvgIpc) is 3.13. The summed E-state index contributed by atoms with van der Waals surface area (Å²) >= 11 is 0. The predicted molar refractivity (Wildman–Crippen MR) is 94.9 cm³/mol. The third-order valence-corrected chi connectivity index (χ3v) is 4.60. The second kappa shape index (κ2) is 6.48. The standard InChI is InChI=1S/C20H21N3O/c1-14(19-22-23-20(24-19)16-9-3-2-4-10-16)21-18-13-7-11-15-8-5-6-12-17(15)18/h2-4,7,9-11,13-14,21H,5-6,8,12H2,1H3. The Morgan fingerprint density at radius 1 is 0.958 bits per heavy atom. The number of nitrogens with zero attached hydrogens (tertiary/aromatic N) is 2. The van der Waals surface area contributed by atoms with Crippen molar-refractivity contribution in [3.63, 3.8) is 0 Å². The van der Waals surface area contributed by atoms with Crippen LogP contribution in [0.15, 0.2) is 52.9 Å². The second-order valence-corrected chi connectivity index (χ2v) is 6.33. The molecule has 0 radical (unpaired) electrons. The molecular weight excluding hydrogens is 298 g/mol. The molecule has 0 saturated heterocycles. The van der Waals surface area contributed by atoms with Crippen molar-refractivity contribution in [2.45, 2.75) is 38.6 Å². The molecule has 4 heteroatoms. The minimum absolute atomic E-state index is 0.0246. The van der Waals surface area contributed by atoms with E-state index in [0.717, 1.165) is 12.0 Å². The fourth-order valence-corrected chi connectivity index (χ4v) is 3.32. The minimum Gasteiger partial charge on any atom is -0.418 e. The van der Waals surface area contributed by atoms with Crippen LogP contribution >= 0.6 is 0 Å². The van der Waals surface area contributed by atoms with Gasteiger partial charge in [0, 0.05) is 11.3 Å². The molecule has 4 rings (SSSR count). The Labute approximate surface area is 141 Å². The highest BCUT2D eigenvalue weighted by Crippen LogP contribution is 2.30. The Kier molecular flexibility index (Phi) is 4.03. The highest BCUT2D eigenvalue weighted by Gasteiger charge is 2.18. The number of anilines is 1. The quantitative estimate of drug-likeness (QED) is 0.751. The molecule has 122 valence electrons. The maximum atomic E-state index is 5.86. The molecular formula is C20H21N3O. The molecule has 0 aliphatic heterocycles. The highest BCUT2D eigenvalue weighted by atomic mass is 16.4. The third kappa shape index (κ3) is 2.92. The molecule has 0 fully saturated rings. The number of benzene rings is 2. The topological polar surface area (TPSA) is 51.0 Å². The molecule has 0 spiro atoms. The van der Waals surface area contributed by atoms with Crippen LogP contribution in [0.25, 0.3) is 11.5 Å². The lowest BCUT2D eigenvalue weighted by Gasteiger charge is -2.21. The van der Waals surface area contributed by atoms with Crippen molar-refractivity contribution >= 4 is 5.69 Å². The zero-order valence-corrected chi connectivity index (χ0v) is 13.8. The predicted octanol–water partition coefficient (Wildman–Crippen LogP) is 4.79. The van der Waals surface area contributed by atoms with Crippen molar-refractivity contribution in [2.75, 3.05) is 5.32 Å². The Balaban J connectivity index is 1.55. The number of aromatic nitrogens is 2. The van der Waals surface area contributed by atoms with Crippen molar-refractivity contribution in [2.24, 2.45) is 0 Å². The smallest absolute Gasteiger partial charge is 0.247 e. The van der Waals surface area contributed by atoms with Gasteiger partial charge in [0.25, 0.3) is 0 Å². The van der Waals surface area contributed by atoms with Crippen molar-refractivity contribution in [1.29, 1.82) is 0 Å². The van der Waals surface area contributed by atoms with E-state index in [0.29, 0.717) is 11.8 Å². The van der Waals surface area contributed by atoms with Gasteiger partial charge >= 0.3 is 0 Å². The summed E-state index contributed by atoms with van der Waals surface area (Å²) in [5, 5.41) is 12.0. The number of hydrogen-bond acceptors (Lipinski definition) is 4. The van der Waals surface area contributed by atoms with Crippen molar-refractivity contribution in [3.05, 3.63) is 65.5 Å². The van der Waals surface area contributed by atoms with E-state index in [1.54, 1.807) is 0 Å². The van der Waals surface area contributed by atoms with Gasteiger partial charge in [-0.3, -0.25) is 0 Å².